The van der Waals surface area contributed by atoms with Crippen LogP contribution in [0.4, 0.5) is 0 Å². The van der Waals surface area contributed by atoms with Crippen LogP contribution in [0.15, 0.2) is 0 Å². The average Bonchev–Trinajstić information content (AvgIpc) is 1.38. The van der Waals surface area contributed by atoms with E-state index in [1.807, 2.05) is 0 Å². The molecule has 0 aliphatic rings. The maximum atomic E-state index is 8.08. The number of hydrogen-bond donors (Lipinski definition) is 2. The van der Waals surface area contributed by atoms with Gasteiger partial charge < -0.3 is 10.8 Å². The van der Waals surface area contributed by atoms with Gasteiger partial charge in [-0.15, -0.1) is 0 Å². The van der Waals surface area contributed by atoms with Gasteiger partial charge in [0.15, 0.2) is 0 Å². The number of aliphatic hydroxyl groups excluding tert-OH is 1. The smallest absolute Gasteiger partial charge is 0.105 e. The Morgan fingerprint density at radius 1 is 2.00 bits per heavy atom. The highest BCUT2D eigenvalue weighted by atomic mass is 16.3. The number of aliphatic hydroxyl groups is 1. The molecule has 5 heavy (non-hydrogen) atoms. The third kappa shape index (κ3) is 3.92. The summed E-state index contributed by atoms with van der Waals surface area (Å²) < 4.78 is 0. The average molecular weight is 74.1 g/mol. The Kier molecular flexibility index (Phi) is 2.14. The fourth-order valence-corrected chi connectivity index (χ4v) is 0. The molecule has 0 spiro atoms. The lowest BCUT2D eigenvalue weighted by Crippen LogP contribution is -2.16. The Hall–Kier alpha value is -0.0800. The first kappa shape index (κ1) is 4.92. The molecule has 3 N–H and O–H groups in total. The number of hydrogen-bond acceptors (Lipinski definition) is 2. The van der Waals surface area contributed by atoms with Crippen molar-refractivity contribution in [3.05, 3.63) is 6.42 Å². The topological polar surface area (TPSA) is 46.2 Å². The Morgan fingerprint density at radius 2 is 2.20 bits per heavy atom. The monoisotopic (exact) mass is 74.1 g/mol. The first-order valence-electron chi connectivity index (χ1n) is 1.50. The van der Waals surface area contributed by atoms with Crippen LogP contribution < -0.4 is 5.73 Å². The molecular formula is C3H8NO. The molecule has 0 aromatic heterocycles. The van der Waals surface area contributed by atoms with E-state index < -0.39 is 6.23 Å². The van der Waals surface area contributed by atoms with Gasteiger partial charge in [-0.2, -0.15) is 0 Å². The molecule has 2 heteroatoms. The summed E-state index contributed by atoms with van der Waals surface area (Å²) in [4.78, 5) is 0. The van der Waals surface area contributed by atoms with E-state index in [1.54, 1.807) is 6.92 Å². The normalized spacial score (nSPS) is 15.0. The molecule has 0 fully saturated rings. The van der Waals surface area contributed by atoms with Crippen LogP contribution in [-0.2, 0) is 0 Å². The minimum Gasteiger partial charge on any atom is -0.379 e. The van der Waals surface area contributed by atoms with Crippen molar-refractivity contribution in [2.75, 3.05) is 0 Å². The van der Waals surface area contributed by atoms with E-state index in [4.69, 9.17) is 10.8 Å². The standard InChI is InChI=1S/C3H8NO/c1-2-3(4)5/h2-3,5H,4H2,1H3. The lowest BCUT2D eigenvalue weighted by molar-refractivity contribution is 0.215. The summed E-state index contributed by atoms with van der Waals surface area (Å²) in [5, 5.41) is 8.08. The van der Waals surface area contributed by atoms with Gasteiger partial charge in [-0.25, -0.2) is 0 Å². The van der Waals surface area contributed by atoms with E-state index in [-0.39, 0.29) is 0 Å². The summed E-state index contributed by atoms with van der Waals surface area (Å²) in [7, 11) is 0. The van der Waals surface area contributed by atoms with E-state index in [9.17, 15) is 0 Å². The fraction of sp³-hybridized carbons (Fsp3) is 0.667. The Balaban J connectivity index is 2.54. The van der Waals surface area contributed by atoms with Gasteiger partial charge in [0, 0.05) is 6.42 Å². The molecule has 31 valence electrons. The summed E-state index contributed by atoms with van der Waals surface area (Å²) in [6, 6.07) is 0. The summed E-state index contributed by atoms with van der Waals surface area (Å²) in [5.74, 6) is 0. The first-order chi connectivity index (χ1) is 2.27. The van der Waals surface area contributed by atoms with Gasteiger partial charge in [0.2, 0.25) is 0 Å². The molecule has 0 aromatic rings. The Morgan fingerprint density at radius 3 is 2.20 bits per heavy atom. The van der Waals surface area contributed by atoms with Gasteiger partial charge >= 0.3 is 0 Å². The second-order valence-electron chi connectivity index (χ2n) is 0.824. The van der Waals surface area contributed by atoms with Gasteiger partial charge in [-0.1, -0.05) is 6.92 Å². The summed E-state index contributed by atoms with van der Waals surface area (Å²) in [6.07, 6.45) is 0.759. The van der Waals surface area contributed by atoms with E-state index in [0.29, 0.717) is 0 Å². The maximum absolute atomic E-state index is 8.08. The van der Waals surface area contributed by atoms with Crippen LogP contribution in [0.5, 0.6) is 0 Å². The van der Waals surface area contributed by atoms with Crippen LogP contribution >= 0.6 is 0 Å². The minimum atomic E-state index is -0.741. The summed E-state index contributed by atoms with van der Waals surface area (Å²) in [5.41, 5.74) is 4.79. The van der Waals surface area contributed by atoms with Crippen molar-refractivity contribution in [1.82, 2.24) is 0 Å². The molecule has 1 unspecified atom stereocenters. The van der Waals surface area contributed by atoms with E-state index in [0.717, 1.165) is 0 Å². The molecule has 1 radical (unpaired) electrons. The van der Waals surface area contributed by atoms with Gasteiger partial charge in [-0.3, -0.25) is 0 Å². The van der Waals surface area contributed by atoms with Crippen LogP contribution in [0, 0.1) is 6.42 Å². The molecule has 2 nitrogen and oxygen atoms in total. The quantitative estimate of drug-likeness (QED) is 0.411. The molecule has 0 saturated heterocycles. The summed E-state index contributed by atoms with van der Waals surface area (Å²) >= 11 is 0. The van der Waals surface area contributed by atoms with Crippen molar-refractivity contribution < 1.29 is 5.11 Å². The van der Waals surface area contributed by atoms with Crippen molar-refractivity contribution in [1.29, 1.82) is 0 Å². The molecule has 0 aliphatic carbocycles. The predicted molar refractivity (Wildman–Crippen MR) is 20.2 cm³/mol. The highest BCUT2D eigenvalue weighted by Crippen LogP contribution is 1.70. The Labute approximate surface area is 31.6 Å². The fourth-order valence-electron chi connectivity index (χ4n) is 0. The molecule has 0 aliphatic heterocycles. The van der Waals surface area contributed by atoms with Crippen LogP contribution in [0.25, 0.3) is 0 Å². The minimum absolute atomic E-state index is 0.741. The van der Waals surface area contributed by atoms with Crippen molar-refractivity contribution in [2.24, 2.45) is 5.73 Å². The molecule has 1 atom stereocenters. The molecule has 0 aromatic carbocycles. The van der Waals surface area contributed by atoms with E-state index >= 15 is 0 Å². The predicted octanol–water partition coefficient (Wildman–Crippen LogP) is -0.512. The molecule has 0 rings (SSSR count). The van der Waals surface area contributed by atoms with Crippen molar-refractivity contribution in [3.8, 4) is 0 Å². The molecular weight excluding hydrogens is 66.0 g/mol. The highest BCUT2D eigenvalue weighted by molar-refractivity contribution is 4.59. The second-order valence-corrected chi connectivity index (χ2v) is 0.824. The Bertz CT molecular complexity index is 20.9. The lowest BCUT2D eigenvalue weighted by Gasteiger charge is -1.91. The first-order valence-corrected chi connectivity index (χ1v) is 1.50. The van der Waals surface area contributed by atoms with Crippen molar-refractivity contribution in [2.45, 2.75) is 13.2 Å². The van der Waals surface area contributed by atoms with Crippen LogP contribution in [0.2, 0.25) is 0 Å². The zero-order valence-corrected chi connectivity index (χ0v) is 3.18. The van der Waals surface area contributed by atoms with Crippen molar-refractivity contribution in [3.63, 3.8) is 0 Å². The number of nitrogens with two attached hydrogens (primary N) is 1. The third-order valence-corrected chi connectivity index (χ3v) is 0.342. The number of rotatable bonds is 1. The molecule has 0 heterocycles. The van der Waals surface area contributed by atoms with E-state index in [2.05, 4.69) is 0 Å². The maximum Gasteiger partial charge on any atom is 0.105 e. The zero-order valence-electron chi connectivity index (χ0n) is 3.18. The zero-order chi connectivity index (χ0) is 4.28. The molecule has 0 saturated carbocycles. The SMILES string of the molecule is C[CH]C(N)O. The third-order valence-electron chi connectivity index (χ3n) is 0.342. The lowest BCUT2D eigenvalue weighted by atomic mass is 10.5. The summed E-state index contributed by atoms with van der Waals surface area (Å²) in [6.45, 7) is 1.70. The van der Waals surface area contributed by atoms with Gasteiger partial charge in [0.1, 0.15) is 6.23 Å². The van der Waals surface area contributed by atoms with Crippen molar-refractivity contribution >= 4 is 0 Å². The van der Waals surface area contributed by atoms with Gasteiger partial charge in [0.05, 0.1) is 0 Å². The highest BCUT2D eigenvalue weighted by Gasteiger charge is 1.82. The van der Waals surface area contributed by atoms with Gasteiger partial charge in [0.25, 0.3) is 0 Å². The largest absolute Gasteiger partial charge is 0.379 e. The van der Waals surface area contributed by atoms with Gasteiger partial charge in [-0.05, 0) is 0 Å². The van der Waals surface area contributed by atoms with Crippen LogP contribution in [0.3, 0.4) is 0 Å². The molecule has 0 amide bonds. The van der Waals surface area contributed by atoms with Crippen LogP contribution in [-0.4, -0.2) is 11.3 Å². The second kappa shape index (κ2) is 2.18. The van der Waals surface area contributed by atoms with E-state index in [1.165, 1.54) is 6.42 Å². The molecule has 0 bridgehead atoms. The van der Waals surface area contributed by atoms with Crippen LogP contribution in [0.1, 0.15) is 6.92 Å².